The number of amides is 1. The topological polar surface area (TPSA) is 84.2 Å². The Labute approximate surface area is 106 Å². The Morgan fingerprint density at radius 3 is 2.33 bits per heavy atom. The van der Waals surface area contributed by atoms with Gasteiger partial charge in [-0.05, 0) is 12.3 Å². The third-order valence-electron chi connectivity index (χ3n) is 2.87. The normalized spacial score (nSPS) is 13.2. The summed E-state index contributed by atoms with van der Waals surface area (Å²) in [6, 6.07) is -0.940. The van der Waals surface area contributed by atoms with Crippen LogP contribution in [0.1, 0.15) is 36.8 Å². The Kier molecular flexibility index (Phi) is 3.79. The molecule has 1 atom stereocenters. The maximum atomic E-state index is 12.0. The zero-order valence-electron chi connectivity index (χ0n) is 11.3. The largest absolute Gasteiger partial charge is 0.480 e. The van der Waals surface area contributed by atoms with E-state index in [0.717, 1.165) is 0 Å². The van der Waals surface area contributed by atoms with E-state index in [4.69, 9.17) is 5.11 Å². The minimum atomic E-state index is -1.04. The number of aromatic nitrogens is 2. The number of carbonyl (C=O) groups is 2. The van der Waals surface area contributed by atoms with Crippen LogP contribution in [-0.2, 0) is 11.8 Å². The van der Waals surface area contributed by atoms with Gasteiger partial charge in [0, 0.05) is 12.7 Å². The molecule has 6 nitrogen and oxygen atoms in total. The van der Waals surface area contributed by atoms with E-state index >= 15 is 0 Å². The molecule has 0 spiro atoms. The van der Waals surface area contributed by atoms with E-state index in [1.165, 1.54) is 6.20 Å². The first-order valence-electron chi connectivity index (χ1n) is 5.67. The van der Waals surface area contributed by atoms with E-state index in [0.29, 0.717) is 11.3 Å². The Bertz CT molecular complexity index is 471. The zero-order chi connectivity index (χ0) is 14.1. The molecule has 1 rings (SSSR count). The lowest BCUT2D eigenvalue weighted by Gasteiger charge is -2.27. The van der Waals surface area contributed by atoms with Crippen LogP contribution in [0.3, 0.4) is 0 Å². The SMILES string of the molecule is Cc1c(C(=O)N[C@H](C(=O)O)C(C)(C)C)cnn1C. The molecule has 1 heterocycles. The molecular weight excluding hydrogens is 234 g/mol. The fraction of sp³-hybridized carbons (Fsp3) is 0.583. The summed E-state index contributed by atoms with van der Waals surface area (Å²) in [4.78, 5) is 23.2. The second-order valence-electron chi connectivity index (χ2n) is 5.38. The van der Waals surface area contributed by atoms with Crippen molar-refractivity contribution >= 4 is 11.9 Å². The molecule has 1 aromatic heterocycles. The third kappa shape index (κ3) is 2.88. The molecule has 18 heavy (non-hydrogen) atoms. The molecule has 1 aromatic rings. The Balaban J connectivity index is 2.93. The predicted octanol–water partition coefficient (Wildman–Crippen LogP) is 0.958. The highest BCUT2D eigenvalue weighted by atomic mass is 16.4. The number of carbonyl (C=O) groups excluding carboxylic acids is 1. The van der Waals surface area contributed by atoms with Crippen molar-refractivity contribution in [3.05, 3.63) is 17.5 Å². The van der Waals surface area contributed by atoms with Crippen LogP contribution in [0.15, 0.2) is 6.20 Å². The van der Waals surface area contributed by atoms with Gasteiger partial charge in [0.05, 0.1) is 11.8 Å². The van der Waals surface area contributed by atoms with Crippen LogP contribution in [0.2, 0.25) is 0 Å². The van der Waals surface area contributed by atoms with E-state index in [2.05, 4.69) is 10.4 Å². The summed E-state index contributed by atoms with van der Waals surface area (Å²) in [7, 11) is 1.73. The second-order valence-corrected chi connectivity index (χ2v) is 5.38. The van der Waals surface area contributed by atoms with E-state index < -0.39 is 23.3 Å². The molecule has 0 aromatic carbocycles. The van der Waals surface area contributed by atoms with Crippen molar-refractivity contribution in [2.45, 2.75) is 33.7 Å². The highest BCUT2D eigenvalue weighted by Gasteiger charge is 2.33. The van der Waals surface area contributed by atoms with E-state index in [9.17, 15) is 9.59 Å². The van der Waals surface area contributed by atoms with Gasteiger partial charge in [-0.2, -0.15) is 5.10 Å². The number of nitrogens with zero attached hydrogens (tertiary/aromatic N) is 2. The number of carboxylic acid groups (broad SMARTS) is 1. The number of aliphatic carboxylic acids is 1. The van der Waals surface area contributed by atoms with Crippen molar-refractivity contribution in [1.82, 2.24) is 15.1 Å². The van der Waals surface area contributed by atoms with Gasteiger partial charge in [-0.25, -0.2) is 4.79 Å². The van der Waals surface area contributed by atoms with Gasteiger partial charge in [0.1, 0.15) is 6.04 Å². The predicted molar refractivity (Wildman–Crippen MR) is 66.3 cm³/mol. The van der Waals surface area contributed by atoms with Gasteiger partial charge >= 0.3 is 5.97 Å². The van der Waals surface area contributed by atoms with Crippen molar-refractivity contribution in [3.63, 3.8) is 0 Å². The average molecular weight is 253 g/mol. The van der Waals surface area contributed by atoms with Gasteiger partial charge in [0.25, 0.3) is 5.91 Å². The Morgan fingerprint density at radius 2 is 2.00 bits per heavy atom. The van der Waals surface area contributed by atoms with Gasteiger partial charge in [-0.1, -0.05) is 20.8 Å². The molecule has 0 bridgehead atoms. The number of aryl methyl sites for hydroxylation is 1. The standard InChI is InChI=1S/C12H19N3O3/c1-7-8(6-13-15(7)5)10(16)14-9(11(17)18)12(2,3)4/h6,9H,1-5H3,(H,14,16)(H,17,18)/t9-/m1/s1. The fourth-order valence-electron chi connectivity index (χ4n) is 1.58. The van der Waals surface area contributed by atoms with E-state index in [-0.39, 0.29) is 0 Å². The van der Waals surface area contributed by atoms with Crippen LogP contribution in [0.4, 0.5) is 0 Å². The molecule has 0 aliphatic heterocycles. The van der Waals surface area contributed by atoms with Crippen molar-refractivity contribution in [3.8, 4) is 0 Å². The van der Waals surface area contributed by atoms with E-state index in [1.54, 1.807) is 39.4 Å². The molecule has 0 fully saturated rings. The summed E-state index contributed by atoms with van der Waals surface area (Å²) in [6.07, 6.45) is 1.44. The molecule has 0 aliphatic carbocycles. The lowest BCUT2D eigenvalue weighted by atomic mass is 9.86. The molecule has 2 N–H and O–H groups in total. The molecule has 6 heteroatoms. The van der Waals surface area contributed by atoms with E-state index in [1.807, 2.05) is 0 Å². The van der Waals surface area contributed by atoms with Crippen LogP contribution in [-0.4, -0.2) is 32.8 Å². The van der Waals surface area contributed by atoms with Crippen LogP contribution in [0.5, 0.6) is 0 Å². The smallest absolute Gasteiger partial charge is 0.326 e. The lowest BCUT2D eigenvalue weighted by molar-refractivity contribution is -0.142. The minimum Gasteiger partial charge on any atom is -0.480 e. The van der Waals surface area contributed by atoms with Gasteiger partial charge < -0.3 is 10.4 Å². The summed E-state index contributed by atoms with van der Waals surface area (Å²) >= 11 is 0. The fourth-order valence-corrected chi connectivity index (χ4v) is 1.58. The third-order valence-corrected chi connectivity index (χ3v) is 2.87. The highest BCUT2D eigenvalue weighted by Crippen LogP contribution is 2.20. The first kappa shape index (κ1) is 14.2. The zero-order valence-corrected chi connectivity index (χ0v) is 11.3. The maximum Gasteiger partial charge on any atom is 0.326 e. The summed E-state index contributed by atoms with van der Waals surface area (Å²) in [5.74, 6) is -1.46. The first-order valence-corrected chi connectivity index (χ1v) is 5.67. The van der Waals surface area contributed by atoms with Gasteiger partial charge in [-0.15, -0.1) is 0 Å². The Hall–Kier alpha value is -1.85. The molecule has 0 aliphatic rings. The van der Waals surface area contributed by atoms with Crippen LogP contribution in [0.25, 0.3) is 0 Å². The molecule has 1 amide bonds. The first-order chi connectivity index (χ1) is 8.14. The Morgan fingerprint density at radius 1 is 1.44 bits per heavy atom. The van der Waals surface area contributed by atoms with Gasteiger partial charge in [0.15, 0.2) is 0 Å². The molecule has 0 unspecified atom stereocenters. The summed E-state index contributed by atoms with van der Waals surface area (Å²) in [5, 5.41) is 15.6. The second kappa shape index (κ2) is 4.80. The summed E-state index contributed by atoms with van der Waals surface area (Å²) in [5.41, 5.74) is 0.538. The molecule has 0 saturated heterocycles. The lowest BCUT2D eigenvalue weighted by Crippen LogP contribution is -2.49. The van der Waals surface area contributed by atoms with Crippen molar-refractivity contribution < 1.29 is 14.7 Å². The van der Waals surface area contributed by atoms with Crippen LogP contribution >= 0.6 is 0 Å². The number of hydrogen-bond acceptors (Lipinski definition) is 3. The summed E-state index contributed by atoms with van der Waals surface area (Å²) in [6.45, 7) is 7.06. The molecule has 100 valence electrons. The highest BCUT2D eigenvalue weighted by molar-refractivity contribution is 5.97. The van der Waals surface area contributed by atoms with Crippen molar-refractivity contribution in [2.24, 2.45) is 12.5 Å². The minimum absolute atomic E-state index is 0.396. The number of hydrogen-bond donors (Lipinski definition) is 2. The van der Waals surface area contributed by atoms with Crippen LogP contribution < -0.4 is 5.32 Å². The number of carboxylic acids is 1. The average Bonchev–Trinajstić information content (AvgIpc) is 2.54. The van der Waals surface area contributed by atoms with Gasteiger partial charge in [-0.3, -0.25) is 9.48 Å². The summed E-state index contributed by atoms with van der Waals surface area (Å²) < 4.78 is 1.57. The van der Waals surface area contributed by atoms with Crippen LogP contribution in [0, 0.1) is 12.3 Å². The van der Waals surface area contributed by atoms with Gasteiger partial charge in [0.2, 0.25) is 0 Å². The maximum absolute atomic E-state index is 12.0. The quantitative estimate of drug-likeness (QED) is 0.840. The van der Waals surface area contributed by atoms with Crippen molar-refractivity contribution in [2.75, 3.05) is 0 Å². The molecule has 0 radical (unpaired) electrons. The van der Waals surface area contributed by atoms with Crippen molar-refractivity contribution in [1.29, 1.82) is 0 Å². The number of rotatable bonds is 3. The molecular formula is C12H19N3O3. The molecule has 0 saturated carbocycles. The number of nitrogens with one attached hydrogen (secondary N) is 1. The monoisotopic (exact) mass is 253 g/mol.